The standard InChI is InChI=1S/C14H15N/c1-10-6-5-8-12-11-7-3-2-4-9-13(11)15-14(10)12/h3-5,7-10,15H,2,6H2,1H3. The topological polar surface area (TPSA) is 15.8 Å². The van der Waals surface area contributed by atoms with E-state index >= 15 is 0 Å². The second-order valence-corrected chi connectivity index (χ2v) is 4.36. The Bertz CT molecular complexity index is 472. The molecule has 76 valence electrons. The smallest absolute Gasteiger partial charge is 0.0459 e. The summed E-state index contributed by atoms with van der Waals surface area (Å²) < 4.78 is 0. The third kappa shape index (κ3) is 1.30. The fourth-order valence-corrected chi connectivity index (χ4v) is 2.41. The zero-order valence-corrected chi connectivity index (χ0v) is 8.96. The largest absolute Gasteiger partial charge is 0.358 e. The summed E-state index contributed by atoms with van der Waals surface area (Å²) in [6.07, 6.45) is 15.6. The van der Waals surface area contributed by atoms with Gasteiger partial charge in [-0.15, -0.1) is 0 Å². The minimum absolute atomic E-state index is 0.624. The molecule has 1 N–H and O–H groups in total. The van der Waals surface area contributed by atoms with Gasteiger partial charge in [0.05, 0.1) is 0 Å². The summed E-state index contributed by atoms with van der Waals surface area (Å²) in [5.74, 6) is 0.624. The first-order valence-electron chi connectivity index (χ1n) is 5.62. The van der Waals surface area contributed by atoms with E-state index < -0.39 is 0 Å². The van der Waals surface area contributed by atoms with Crippen LogP contribution in [0.2, 0.25) is 0 Å². The number of nitrogens with one attached hydrogen (secondary N) is 1. The van der Waals surface area contributed by atoms with Crippen LogP contribution in [0.25, 0.3) is 18.2 Å². The molecule has 0 aliphatic heterocycles. The molecular formula is C14H15N. The fraction of sp³-hybridized carbons (Fsp3) is 0.286. The molecular weight excluding hydrogens is 182 g/mol. The van der Waals surface area contributed by atoms with Crippen LogP contribution >= 0.6 is 0 Å². The highest BCUT2D eigenvalue weighted by Crippen LogP contribution is 2.34. The Morgan fingerprint density at radius 1 is 1.07 bits per heavy atom. The van der Waals surface area contributed by atoms with Crippen molar-refractivity contribution in [3.8, 4) is 0 Å². The van der Waals surface area contributed by atoms with E-state index in [1.165, 1.54) is 22.5 Å². The Morgan fingerprint density at radius 3 is 2.80 bits per heavy atom. The Labute approximate surface area is 90.2 Å². The lowest BCUT2D eigenvalue weighted by Crippen LogP contribution is -1.98. The molecule has 1 aromatic rings. The van der Waals surface area contributed by atoms with Crippen LogP contribution in [0.3, 0.4) is 0 Å². The fourth-order valence-electron chi connectivity index (χ4n) is 2.41. The predicted molar refractivity (Wildman–Crippen MR) is 65.5 cm³/mol. The van der Waals surface area contributed by atoms with Crippen LogP contribution in [-0.2, 0) is 0 Å². The van der Waals surface area contributed by atoms with Crippen LogP contribution in [0.5, 0.6) is 0 Å². The molecule has 0 fully saturated rings. The van der Waals surface area contributed by atoms with Gasteiger partial charge in [-0.25, -0.2) is 0 Å². The van der Waals surface area contributed by atoms with Crippen molar-refractivity contribution in [3.63, 3.8) is 0 Å². The summed E-state index contributed by atoms with van der Waals surface area (Å²) in [6, 6.07) is 0. The van der Waals surface area contributed by atoms with Crippen molar-refractivity contribution in [1.82, 2.24) is 4.98 Å². The van der Waals surface area contributed by atoms with Crippen molar-refractivity contribution < 1.29 is 0 Å². The molecule has 0 bridgehead atoms. The molecule has 2 aliphatic rings. The van der Waals surface area contributed by atoms with Crippen molar-refractivity contribution in [2.45, 2.75) is 25.7 Å². The number of hydrogen-bond acceptors (Lipinski definition) is 0. The van der Waals surface area contributed by atoms with Gasteiger partial charge in [-0.2, -0.15) is 0 Å². The molecule has 1 heterocycles. The molecule has 3 rings (SSSR count). The second-order valence-electron chi connectivity index (χ2n) is 4.36. The van der Waals surface area contributed by atoms with Crippen molar-refractivity contribution in [3.05, 3.63) is 40.7 Å². The SMILES string of the molecule is CC1CC=Cc2c1[nH]c1c2C=CCC=C1. The lowest BCUT2D eigenvalue weighted by Gasteiger charge is -2.13. The zero-order chi connectivity index (χ0) is 10.3. The first kappa shape index (κ1) is 8.78. The molecule has 1 aromatic heterocycles. The highest BCUT2D eigenvalue weighted by atomic mass is 14.7. The lowest BCUT2D eigenvalue weighted by molar-refractivity contribution is 0.747. The summed E-state index contributed by atoms with van der Waals surface area (Å²) in [4.78, 5) is 3.55. The molecule has 0 radical (unpaired) electrons. The van der Waals surface area contributed by atoms with E-state index in [4.69, 9.17) is 0 Å². The maximum absolute atomic E-state index is 3.55. The molecule has 1 heteroatoms. The van der Waals surface area contributed by atoms with Crippen molar-refractivity contribution >= 4 is 18.2 Å². The average molecular weight is 197 g/mol. The van der Waals surface area contributed by atoms with E-state index in [0.717, 1.165) is 12.8 Å². The van der Waals surface area contributed by atoms with Gasteiger partial charge in [0.25, 0.3) is 0 Å². The first-order valence-corrected chi connectivity index (χ1v) is 5.62. The molecule has 0 spiro atoms. The maximum Gasteiger partial charge on any atom is 0.0459 e. The van der Waals surface area contributed by atoms with Gasteiger partial charge in [-0.05, 0) is 18.9 Å². The van der Waals surface area contributed by atoms with E-state index in [1.807, 2.05) is 0 Å². The number of hydrogen-bond donors (Lipinski definition) is 1. The molecule has 1 atom stereocenters. The number of rotatable bonds is 0. The van der Waals surface area contributed by atoms with Crippen LogP contribution in [-0.4, -0.2) is 4.98 Å². The number of aromatic nitrogens is 1. The Hall–Kier alpha value is -1.50. The predicted octanol–water partition coefficient (Wildman–Crippen LogP) is 3.97. The Morgan fingerprint density at radius 2 is 1.87 bits per heavy atom. The quantitative estimate of drug-likeness (QED) is 0.647. The van der Waals surface area contributed by atoms with Gasteiger partial charge >= 0.3 is 0 Å². The van der Waals surface area contributed by atoms with Gasteiger partial charge in [0, 0.05) is 28.4 Å². The zero-order valence-electron chi connectivity index (χ0n) is 8.96. The number of aromatic amines is 1. The molecule has 0 saturated carbocycles. The van der Waals surface area contributed by atoms with E-state index in [-0.39, 0.29) is 0 Å². The van der Waals surface area contributed by atoms with Gasteiger partial charge in [0.1, 0.15) is 0 Å². The number of H-pyrrole nitrogens is 1. The Balaban J connectivity index is 2.24. The van der Waals surface area contributed by atoms with Gasteiger partial charge in [0.2, 0.25) is 0 Å². The second kappa shape index (κ2) is 3.27. The molecule has 1 nitrogen and oxygen atoms in total. The van der Waals surface area contributed by atoms with Crippen LogP contribution < -0.4 is 0 Å². The lowest BCUT2D eigenvalue weighted by atomic mass is 9.93. The molecule has 0 amide bonds. The monoisotopic (exact) mass is 197 g/mol. The number of allylic oxidation sites excluding steroid dienone is 3. The van der Waals surface area contributed by atoms with E-state index in [1.54, 1.807) is 0 Å². The van der Waals surface area contributed by atoms with Gasteiger partial charge in [-0.3, -0.25) is 0 Å². The molecule has 2 aliphatic carbocycles. The minimum Gasteiger partial charge on any atom is -0.358 e. The van der Waals surface area contributed by atoms with E-state index in [0.29, 0.717) is 5.92 Å². The van der Waals surface area contributed by atoms with E-state index in [9.17, 15) is 0 Å². The summed E-state index contributed by atoms with van der Waals surface area (Å²) in [5.41, 5.74) is 5.43. The molecule has 0 saturated heterocycles. The first-order chi connectivity index (χ1) is 7.36. The molecule has 15 heavy (non-hydrogen) atoms. The van der Waals surface area contributed by atoms with Crippen LogP contribution in [0.4, 0.5) is 0 Å². The highest BCUT2D eigenvalue weighted by Gasteiger charge is 2.19. The van der Waals surface area contributed by atoms with E-state index in [2.05, 4.69) is 48.4 Å². The third-order valence-corrected chi connectivity index (χ3v) is 3.25. The van der Waals surface area contributed by atoms with Crippen LogP contribution in [0.1, 0.15) is 48.2 Å². The van der Waals surface area contributed by atoms with Crippen molar-refractivity contribution in [2.24, 2.45) is 0 Å². The minimum atomic E-state index is 0.624. The normalized spacial score (nSPS) is 22.3. The number of fused-ring (bicyclic) bond motifs is 3. The van der Waals surface area contributed by atoms with Crippen molar-refractivity contribution in [2.75, 3.05) is 0 Å². The van der Waals surface area contributed by atoms with Gasteiger partial charge < -0.3 is 4.98 Å². The third-order valence-electron chi connectivity index (χ3n) is 3.25. The summed E-state index contributed by atoms with van der Waals surface area (Å²) in [6.45, 7) is 2.28. The van der Waals surface area contributed by atoms with Crippen molar-refractivity contribution in [1.29, 1.82) is 0 Å². The van der Waals surface area contributed by atoms with Gasteiger partial charge in [-0.1, -0.05) is 37.3 Å². The molecule has 1 unspecified atom stereocenters. The highest BCUT2D eigenvalue weighted by molar-refractivity contribution is 5.77. The molecule has 0 aromatic carbocycles. The maximum atomic E-state index is 3.55. The van der Waals surface area contributed by atoms with Crippen LogP contribution in [0, 0.1) is 0 Å². The summed E-state index contributed by atoms with van der Waals surface area (Å²) in [5, 5.41) is 0. The summed E-state index contributed by atoms with van der Waals surface area (Å²) >= 11 is 0. The van der Waals surface area contributed by atoms with Crippen LogP contribution in [0.15, 0.2) is 18.2 Å². The average Bonchev–Trinajstić information content (AvgIpc) is 2.45. The van der Waals surface area contributed by atoms with Gasteiger partial charge in [0.15, 0.2) is 0 Å². The Kier molecular flexibility index (Phi) is 1.91. The summed E-state index contributed by atoms with van der Waals surface area (Å²) in [7, 11) is 0.